The van der Waals surface area contributed by atoms with Crippen LogP contribution in [0.3, 0.4) is 0 Å². The number of hydrogen-bond acceptors (Lipinski definition) is 2. The van der Waals surface area contributed by atoms with Gasteiger partial charge in [-0.15, -0.1) is 0 Å². The molecule has 1 aliphatic heterocycles. The Morgan fingerprint density at radius 1 is 1.00 bits per heavy atom. The van der Waals surface area contributed by atoms with E-state index in [4.69, 9.17) is 0 Å². The highest BCUT2D eigenvalue weighted by Gasteiger charge is 2.31. The van der Waals surface area contributed by atoms with E-state index in [0.29, 0.717) is 6.04 Å². The third-order valence-corrected chi connectivity index (χ3v) is 4.03. The molecule has 0 unspecified atom stereocenters. The van der Waals surface area contributed by atoms with Crippen LogP contribution in [0.2, 0.25) is 0 Å². The Morgan fingerprint density at radius 2 is 1.62 bits per heavy atom. The van der Waals surface area contributed by atoms with Gasteiger partial charge in [-0.3, -0.25) is 4.90 Å². The highest BCUT2D eigenvalue weighted by atomic mass is 16.3. The monoisotopic (exact) mass is 217 g/mol. The van der Waals surface area contributed by atoms with E-state index in [1.54, 1.807) is 0 Å². The Morgan fingerprint density at radius 3 is 2.25 bits per heavy atom. The molecule has 2 atom stereocenters. The summed E-state index contributed by atoms with van der Waals surface area (Å²) in [7, 11) is 0. The molecule has 3 rings (SSSR count). The molecule has 1 aromatic rings. The quantitative estimate of drug-likeness (QED) is 0.780. The highest BCUT2D eigenvalue weighted by Crippen LogP contribution is 2.30. The minimum atomic E-state index is -0.108. The molecule has 1 N–H and O–H groups in total. The van der Waals surface area contributed by atoms with Crippen molar-refractivity contribution < 1.29 is 5.11 Å². The van der Waals surface area contributed by atoms with Gasteiger partial charge < -0.3 is 5.11 Å². The van der Waals surface area contributed by atoms with Crippen LogP contribution in [0.25, 0.3) is 0 Å². The molecular weight excluding hydrogens is 198 g/mol. The molecule has 2 heteroatoms. The maximum absolute atomic E-state index is 10.1. The van der Waals surface area contributed by atoms with E-state index in [1.165, 1.54) is 24.0 Å². The zero-order valence-electron chi connectivity index (χ0n) is 9.60. The van der Waals surface area contributed by atoms with E-state index < -0.39 is 0 Å². The van der Waals surface area contributed by atoms with Crippen molar-refractivity contribution in [2.75, 3.05) is 0 Å². The molecule has 1 aromatic carbocycles. The molecule has 1 saturated carbocycles. The first kappa shape index (κ1) is 10.3. The maximum atomic E-state index is 10.1. The van der Waals surface area contributed by atoms with E-state index >= 15 is 0 Å². The number of aliphatic hydroxyl groups excluding tert-OH is 1. The number of aliphatic hydroxyl groups is 1. The van der Waals surface area contributed by atoms with Crippen molar-refractivity contribution in [3.05, 3.63) is 35.4 Å². The molecule has 0 radical (unpaired) electrons. The number of benzene rings is 1. The largest absolute Gasteiger partial charge is 0.391 e. The zero-order valence-corrected chi connectivity index (χ0v) is 9.60. The third kappa shape index (κ3) is 1.76. The van der Waals surface area contributed by atoms with Gasteiger partial charge in [0.1, 0.15) is 0 Å². The average molecular weight is 217 g/mol. The lowest BCUT2D eigenvalue weighted by Crippen LogP contribution is -2.42. The smallest absolute Gasteiger partial charge is 0.0695 e. The first-order valence-corrected chi connectivity index (χ1v) is 6.33. The Bertz CT molecular complexity index is 352. The van der Waals surface area contributed by atoms with Crippen LogP contribution >= 0.6 is 0 Å². The van der Waals surface area contributed by atoms with Crippen LogP contribution in [0.1, 0.15) is 36.8 Å². The van der Waals surface area contributed by atoms with Crippen LogP contribution in [-0.2, 0) is 13.1 Å². The lowest BCUT2D eigenvalue weighted by Gasteiger charge is -2.34. The van der Waals surface area contributed by atoms with Crippen molar-refractivity contribution in [1.82, 2.24) is 4.90 Å². The Kier molecular flexibility index (Phi) is 2.70. The molecule has 1 aliphatic carbocycles. The van der Waals surface area contributed by atoms with E-state index in [9.17, 15) is 5.11 Å². The second-order valence-corrected chi connectivity index (χ2v) is 5.09. The molecule has 0 amide bonds. The normalized spacial score (nSPS) is 30.3. The fraction of sp³-hybridized carbons (Fsp3) is 0.571. The first-order chi connectivity index (χ1) is 7.84. The van der Waals surface area contributed by atoms with Crippen molar-refractivity contribution in [3.8, 4) is 0 Å². The van der Waals surface area contributed by atoms with Gasteiger partial charge in [0.25, 0.3) is 0 Å². The summed E-state index contributed by atoms with van der Waals surface area (Å²) in [6.07, 6.45) is 4.50. The maximum Gasteiger partial charge on any atom is 0.0695 e. The summed E-state index contributed by atoms with van der Waals surface area (Å²) in [6, 6.07) is 9.04. The second-order valence-electron chi connectivity index (χ2n) is 5.09. The summed E-state index contributed by atoms with van der Waals surface area (Å²) in [5.74, 6) is 0. The van der Waals surface area contributed by atoms with E-state index in [1.807, 2.05) is 0 Å². The summed E-state index contributed by atoms with van der Waals surface area (Å²) < 4.78 is 0. The van der Waals surface area contributed by atoms with Gasteiger partial charge in [0.15, 0.2) is 0 Å². The molecule has 2 aliphatic rings. The van der Waals surface area contributed by atoms with E-state index in [0.717, 1.165) is 25.9 Å². The summed E-state index contributed by atoms with van der Waals surface area (Å²) in [5, 5.41) is 10.1. The van der Waals surface area contributed by atoms with Crippen molar-refractivity contribution in [3.63, 3.8) is 0 Å². The van der Waals surface area contributed by atoms with Crippen molar-refractivity contribution in [2.45, 2.75) is 50.9 Å². The van der Waals surface area contributed by atoms with Crippen LogP contribution in [0.4, 0.5) is 0 Å². The number of hydrogen-bond donors (Lipinski definition) is 1. The molecule has 1 heterocycles. The van der Waals surface area contributed by atoms with Crippen LogP contribution in [0, 0.1) is 0 Å². The average Bonchev–Trinajstić information content (AvgIpc) is 2.73. The van der Waals surface area contributed by atoms with Crippen molar-refractivity contribution in [1.29, 1.82) is 0 Å². The minimum Gasteiger partial charge on any atom is -0.391 e. The van der Waals surface area contributed by atoms with Crippen LogP contribution in [0.5, 0.6) is 0 Å². The van der Waals surface area contributed by atoms with Gasteiger partial charge in [0, 0.05) is 19.1 Å². The van der Waals surface area contributed by atoms with E-state index in [2.05, 4.69) is 29.2 Å². The lowest BCUT2D eigenvalue weighted by atomic mass is 9.91. The summed E-state index contributed by atoms with van der Waals surface area (Å²) >= 11 is 0. The first-order valence-electron chi connectivity index (χ1n) is 6.33. The minimum absolute atomic E-state index is 0.108. The Balaban J connectivity index is 1.75. The molecule has 1 fully saturated rings. The fourth-order valence-electron chi connectivity index (χ4n) is 3.11. The Hall–Kier alpha value is -0.860. The van der Waals surface area contributed by atoms with Gasteiger partial charge in [-0.05, 0) is 24.0 Å². The highest BCUT2D eigenvalue weighted by molar-refractivity contribution is 5.30. The summed E-state index contributed by atoms with van der Waals surface area (Å²) in [5.41, 5.74) is 2.89. The van der Waals surface area contributed by atoms with Gasteiger partial charge in [-0.25, -0.2) is 0 Å². The van der Waals surface area contributed by atoms with Crippen LogP contribution in [0.15, 0.2) is 24.3 Å². The van der Waals surface area contributed by atoms with Gasteiger partial charge in [0.2, 0.25) is 0 Å². The number of nitrogens with zero attached hydrogens (tertiary/aromatic N) is 1. The van der Waals surface area contributed by atoms with Gasteiger partial charge in [-0.1, -0.05) is 37.1 Å². The van der Waals surface area contributed by atoms with Crippen molar-refractivity contribution >= 4 is 0 Å². The van der Waals surface area contributed by atoms with Crippen LogP contribution < -0.4 is 0 Å². The number of fused-ring (bicyclic) bond motifs is 1. The molecule has 86 valence electrons. The van der Waals surface area contributed by atoms with Crippen LogP contribution in [-0.4, -0.2) is 22.2 Å². The summed E-state index contributed by atoms with van der Waals surface area (Å²) in [4.78, 5) is 2.45. The van der Waals surface area contributed by atoms with Gasteiger partial charge >= 0.3 is 0 Å². The Labute approximate surface area is 96.9 Å². The topological polar surface area (TPSA) is 23.5 Å². The molecule has 0 bridgehead atoms. The lowest BCUT2D eigenvalue weighted by molar-refractivity contribution is 0.0177. The SMILES string of the molecule is O[C@H]1CCCC[C@H]1N1Cc2ccccc2C1. The van der Waals surface area contributed by atoms with Gasteiger partial charge in [-0.2, -0.15) is 0 Å². The molecule has 0 spiro atoms. The molecule has 0 aromatic heterocycles. The number of rotatable bonds is 1. The fourth-order valence-corrected chi connectivity index (χ4v) is 3.11. The predicted octanol–water partition coefficient (Wildman–Crippen LogP) is 2.31. The third-order valence-electron chi connectivity index (χ3n) is 4.03. The standard InChI is InChI=1S/C14H19NO/c16-14-8-4-3-7-13(14)15-9-11-5-1-2-6-12(11)10-15/h1-2,5-6,13-14,16H,3-4,7-10H2/t13-,14+/m1/s1. The molecule has 2 nitrogen and oxygen atoms in total. The molecule has 16 heavy (non-hydrogen) atoms. The van der Waals surface area contributed by atoms with E-state index in [-0.39, 0.29) is 6.10 Å². The molecular formula is C14H19NO. The second kappa shape index (κ2) is 4.19. The predicted molar refractivity (Wildman–Crippen MR) is 64.0 cm³/mol. The zero-order chi connectivity index (χ0) is 11.0. The summed E-state index contributed by atoms with van der Waals surface area (Å²) in [6.45, 7) is 2.05. The van der Waals surface area contributed by atoms with Crippen molar-refractivity contribution in [2.24, 2.45) is 0 Å². The molecule has 0 saturated heterocycles. The van der Waals surface area contributed by atoms with Gasteiger partial charge in [0.05, 0.1) is 6.10 Å².